The van der Waals surface area contributed by atoms with Crippen LogP contribution in [0.2, 0.25) is 0 Å². The summed E-state index contributed by atoms with van der Waals surface area (Å²) in [6.07, 6.45) is 1.34. The Balaban J connectivity index is 1.28. The second kappa shape index (κ2) is 13.0. The highest BCUT2D eigenvalue weighted by Crippen LogP contribution is 2.44. The van der Waals surface area contributed by atoms with E-state index in [1.165, 1.54) is 0 Å². The van der Waals surface area contributed by atoms with Gasteiger partial charge in [0.15, 0.2) is 0 Å². The number of ether oxygens (including phenoxy) is 1. The minimum atomic E-state index is -0.875. The van der Waals surface area contributed by atoms with Crippen LogP contribution in [0.1, 0.15) is 48.3 Å². The number of amides is 2. The van der Waals surface area contributed by atoms with Crippen LogP contribution in [0.15, 0.2) is 78.9 Å². The molecule has 0 saturated carbocycles. The zero-order chi connectivity index (χ0) is 28.8. The topological polar surface area (TPSA) is 99.2 Å². The van der Waals surface area contributed by atoms with Crippen molar-refractivity contribution in [1.82, 2.24) is 15.1 Å². The number of nitrogens with zero attached hydrogens (tertiary/aromatic N) is 2. The highest BCUT2D eigenvalue weighted by atomic mass is 16.5. The van der Waals surface area contributed by atoms with Crippen LogP contribution in [0, 0.1) is 0 Å². The third-order valence-electron chi connectivity index (χ3n) is 8.08. The van der Waals surface area contributed by atoms with Crippen molar-refractivity contribution in [3.63, 3.8) is 0 Å². The second-order valence-electron chi connectivity index (χ2n) is 11.0. The number of carboxylic acids is 1. The molecule has 8 heteroatoms. The molecule has 0 spiro atoms. The number of carbonyl (C=O) groups excluding carboxylic acids is 2. The summed E-state index contributed by atoms with van der Waals surface area (Å²) in [5, 5.41) is 12.0. The molecule has 3 aromatic carbocycles. The molecular formula is C33H37N3O5. The number of likely N-dealkylation sites (N-methyl/N-ethyl adjacent to an activating group) is 1. The molecule has 8 nitrogen and oxygen atoms in total. The van der Waals surface area contributed by atoms with Gasteiger partial charge in [0.2, 0.25) is 5.91 Å². The summed E-state index contributed by atoms with van der Waals surface area (Å²) in [5.74, 6) is -1.16. The van der Waals surface area contributed by atoms with Crippen molar-refractivity contribution in [3.05, 3.63) is 95.6 Å². The molecule has 5 rings (SSSR count). The van der Waals surface area contributed by atoms with Crippen LogP contribution in [-0.2, 0) is 20.9 Å². The molecule has 41 heavy (non-hydrogen) atoms. The maximum atomic E-state index is 13.8. The average Bonchev–Trinajstić information content (AvgIpc) is 3.57. The van der Waals surface area contributed by atoms with Gasteiger partial charge in [0.05, 0.1) is 0 Å². The Bertz CT molecular complexity index is 1330. The van der Waals surface area contributed by atoms with Gasteiger partial charge in [-0.1, -0.05) is 78.9 Å². The highest BCUT2D eigenvalue weighted by Gasteiger charge is 2.35. The molecule has 1 aliphatic heterocycles. The van der Waals surface area contributed by atoms with Crippen LogP contribution in [0.5, 0.6) is 0 Å². The van der Waals surface area contributed by atoms with Gasteiger partial charge in [-0.05, 0) is 54.1 Å². The molecule has 1 fully saturated rings. The van der Waals surface area contributed by atoms with Gasteiger partial charge in [0, 0.05) is 38.0 Å². The van der Waals surface area contributed by atoms with Crippen molar-refractivity contribution in [3.8, 4) is 11.1 Å². The first kappa shape index (κ1) is 28.4. The van der Waals surface area contributed by atoms with Crippen LogP contribution in [0.4, 0.5) is 4.79 Å². The van der Waals surface area contributed by atoms with E-state index in [4.69, 9.17) is 4.74 Å². The van der Waals surface area contributed by atoms with Crippen LogP contribution < -0.4 is 5.32 Å². The molecule has 2 amide bonds. The number of likely N-dealkylation sites (tertiary alicyclic amines) is 1. The molecule has 2 atom stereocenters. The number of carbonyl (C=O) groups is 3. The van der Waals surface area contributed by atoms with E-state index in [-0.39, 0.29) is 30.9 Å². The van der Waals surface area contributed by atoms with Crippen molar-refractivity contribution in [2.75, 3.05) is 26.7 Å². The van der Waals surface area contributed by atoms with Crippen LogP contribution in [0.3, 0.4) is 0 Å². The first-order valence-electron chi connectivity index (χ1n) is 14.3. The smallest absolute Gasteiger partial charge is 0.407 e. The minimum Gasteiger partial charge on any atom is -0.481 e. The third-order valence-corrected chi connectivity index (χ3v) is 8.08. The van der Waals surface area contributed by atoms with Crippen molar-refractivity contribution in [1.29, 1.82) is 0 Å². The van der Waals surface area contributed by atoms with Crippen molar-refractivity contribution in [2.24, 2.45) is 0 Å². The quantitative estimate of drug-likeness (QED) is 0.350. The lowest BCUT2D eigenvalue weighted by atomic mass is 9.98. The number of alkyl carbamates (subject to hydrolysis) is 1. The standard InChI is InChI=1S/C33H37N3O5/c1-35(20-23-10-3-2-4-11-23)21-30(32(39)36-19-9-12-24(36)17-18-31(37)38)34-33(40)41-22-29-27-15-7-5-13-25(27)26-14-6-8-16-28(26)29/h2-8,10-11,13-16,24,29-30H,9,12,17-22H2,1H3,(H,34,40)(H,37,38). The van der Waals surface area contributed by atoms with E-state index in [0.29, 0.717) is 26.1 Å². The molecule has 2 aliphatic rings. The number of carboxylic acid groups (broad SMARTS) is 1. The molecule has 2 unspecified atom stereocenters. The van der Waals surface area contributed by atoms with Crippen molar-refractivity contribution < 1.29 is 24.2 Å². The Morgan fingerprint density at radius 1 is 0.976 bits per heavy atom. The van der Waals surface area contributed by atoms with E-state index in [9.17, 15) is 19.5 Å². The van der Waals surface area contributed by atoms with Crippen molar-refractivity contribution >= 4 is 18.0 Å². The van der Waals surface area contributed by atoms with E-state index in [2.05, 4.69) is 29.6 Å². The summed E-state index contributed by atoms with van der Waals surface area (Å²) in [4.78, 5) is 41.9. The second-order valence-corrected chi connectivity index (χ2v) is 11.0. The molecule has 0 aromatic heterocycles. The Morgan fingerprint density at radius 2 is 1.61 bits per heavy atom. The lowest BCUT2D eigenvalue weighted by molar-refractivity contribution is -0.139. The number of aliphatic carboxylic acids is 1. The number of nitrogens with one attached hydrogen (secondary N) is 1. The lowest BCUT2D eigenvalue weighted by Crippen LogP contribution is -2.54. The lowest BCUT2D eigenvalue weighted by Gasteiger charge is -2.31. The van der Waals surface area contributed by atoms with Crippen molar-refractivity contribution in [2.45, 2.75) is 50.2 Å². The summed E-state index contributed by atoms with van der Waals surface area (Å²) in [5.41, 5.74) is 5.64. The normalized spacial score (nSPS) is 16.7. The predicted molar refractivity (Wildman–Crippen MR) is 156 cm³/mol. The van der Waals surface area contributed by atoms with E-state index < -0.39 is 18.1 Å². The number of benzene rings is 3. The van der Waals surface area contributed by atoms with E-state index in [0.717, 1.165) is 40.7 Å². The first-order valence-corrected chi connectivity index (χ1v) is 14.3. The SMILES string of the molecule is CN(Cc1ccccc1)CC(NC(=O)OCC1c2ccccc2-c2ccccc21)C(=O)N1CCCC1CCC(=O)O. The van der Waals surface area contributed by atoms with E-state index in [1.807, 2.05) is 66.5 Å². The third kappa shape index (κ3) is 6.77. The minimum absolute atomic E-state index is 0.00678. The number of hydrogen-bond acceptors (Lipinski definition) is 5. The molecule has 214 valence electrons. The van der Waals surface area contributed by atoms with Crippen LogP contribution in [-0.4, -0.2) is 71.7 Å². The summed E-state index contributed by atoms with van der Waals surface area (Å²) >= 11 is 0. The van der Waals surface area contributed by atoms with Gasteiger partial charge < -0.3 is 20.1 Å². The molecular weight excluding hydrogens is 518 g/mol. The Hall–Kier alpha value is -4.17. The zero-order valence-electron chi connectivity index (χ0n) is 23.4. The van der Waals surface area contributed by atoms with Gasteiger partial charge >= 0.3 is 12.1 Å². The molecule has 1 saturated heterocycles. The van der Waals surface area contributed by atoms with Crippen LogP contribution in [0.25, 0.3) is 11.1 Å². The van der Waals surface area contributed by atoms with Gasteiger partial charge in [0.1, 0.15) is 12.6 Å². The molecule has 2 N–H and O–H groups in total. The number of rotatable bonds is 11. The summed E-state index contributed by atoms with van der Waals surface area (Å²) in [7, 11) is 1.92. The molecule has 0 bridgehead atoms. The zero-order valence-corrected chi connectivity index (χ0v) is 23.4. The van der Waals surface area contributed by atoms with Gasteiger partial charge in [-0.25, -0.2) is 4.79 Å². The largest absolute Gasteiger partial charge is 0.481 e. The molecule has 0 radical (unpaired) electrons. The van der Waals surface area contributed by atoms with E-state index >= 15 is 0 Å². The number of fused-ring (bicyclic) bond motifs is 3. The highest BCUT2D eigenvalue weighted by molar-refractivity contribution is 5.86. The number of hydrogen-bond donors (Lipinski definition) is 2. The average molecular weight is 556 g/mol. The van der Waals surface area contributed by atoms with Gasteiger partial charge in [-0.15, -0.1) is 0 Å². The van der Waals surface area contributed by atoms with Gasteiger partial charge in [-0.3, -0.25) is 14.5 Å². The maximum absolute atomic E-state index is 13.8. The molecule has 3 aromatic rings. The van der Waals surface area contributed by atoms with Gasteiger partial charge in [-0.2, -0.15) is 0 Å². The molecule has 1 heterocycles. The predicted octanol–water partition coefficient (Wildman–Crippen LogP) is 4.88. The van der Waals surface area contributed by atoms with Crippen LogP contribution >= 0.6 is 0 Å². The first-order chi connectivity index (χ1) is 19.9. The summed E-state index contributed by atoms with van der Waals surface area (Å²) in [6, 6.07) is 25.3. The Kier molecular flexibility index (Phi) is 8.99. The monoisotopic (exact) mass is 555 g/mol. The maximum Gasteiger partial charge on any atom is 0.407 e. The Morgan fingerprint density at radius 3 is 2.27 bits per heavy atom. The fourth-order valence-electron chi connectivity index (χ4n) is 6.16. The fourth-order valence-corrected chi connectivity index (χ4v) is 6.16. The Labute approximate surface area is 240 Å². The van der Waals surface area contributed by atoms with E-state index in [1.54, 1.807) is 4.90 Å². The fraction of sp³-hybridized carbons (Fsp3) is 0.364. The molecule has 1 aliphatic carbocycles. The summed E-state index contributed by atoms with van der Waals surface area (Å²) < 4.78 is 5.77. The summed E-state index contributed by atoms with van der Waals surface area (Å²) in [6.45, 7) is 1.61. The van der Waals surface area contributed by atoms with Gasteiger partial charge in [0.25, 0.3) is 0 Å².